The highest BCUT2D eigenvalue weighted by Crippen LogP contribution is 2.16. The van der Waals surface area contributed by atoms with Crippen molar-refractivity contribution in [2.75, 3.05) is 24.2 Å². The molecule has 0 fully saturated rings. The van der Waals surface area contributed by atoms with Gasteiger partial charge in [-0.15, -0.1) is 0 Å². The van der Waals surface area contributed by atoms with Gasteiger partial charge in [-0.05, 0) is 18.9 Å². The normalized spacial score (nSPS) is 10.2. The minimum Gasteiger partial charge on any atom is -0.381 e. The lowest BCUT2D eigenvalue weighted by atomic mass is 10.1. The van der Waals surface area contributed by atoms with Crippen LogP contribution in [0.25, 0.3) is 0 Å². The van der Waals surface area contributed by atoms with Crippen LogP contribution in [0, 0.1) is 21.4 Å². The van der Waals surface area contributed by atoms with Gasteiger partial charge >= 0.3 is 0 Å². The molecule has 9 nitrogen and oxygen atoms in total. The maximum atomic E-state index is 10.6. The summed E-state index contributed by atoms with van der Waals surface area (Å²) in [4.78, 5) is 16.0. The van der Waals surface area contributed by atoms with Crippen molar-refractivity contribution in [3.63, 3.8) is 0 Å². The van der Waals surface area contributed by atoms with Crippen LogP contribution in [0.5, 0.6) is 0 Å². The van der Waals surface area contributed by atoms with Crippen LogP contribution >= 0.6 is 0 Å². The molecule has 0 unspecified atom stereocenters. The van der Waals surface area contributed by atoms with Crippen molar-refractivity contribution in [2.24, 2.45) is 0 Å². The fraction of sp³-hybridized carbons (Fsp3) is 0.308. The number of H-pyrrole nitrogens is 1. The van der Waals surface area contributed by atoms with Crippen LogP contribution in [0.4, 0.5) is 17.3 Å². The highest BCUT2D eigenvalue weighted by atomic mass is 16.6. The zero-order valence-electron chi connectivity index (χ0n) is 12.0. The third-order valence-electron chi connectivity index (χ3n) is 3.24. The average Bonchev–Trinajstić information content (AvgIpc) is 2.87. The average molecular weight is 301 g/mol. The van der Waals surface area contributed by atoms with Crippen molar-refractivity contribution in [1.29, 1.82) is 5.26 Å². The van der Waals surface area contributed by atoms with E-state index in [2.05, 4.69) is 15.2 Å². The predicted octanol–water partition coefficient (Wildman–Crippen LogP) is 1.24. The van der Waals surface area contributed by atoms with Crippen molar-refractivity contribution >= 4 is 17.3 Å². The summed E-state index contributed by atoms with van der Waals surface area (Å²) in [5, 5.41) is 26.1. The van der Waals surface area contributed by atoms with Gasteiger partial charge in [0.25, 0.3) is 5.69 Å². The van der Waals surface area contributed by atoms with Gasteiger partial charge in [-0.2, -0.15) is 10.4 Å². The third kappa shape index (κ3) is 3.29. The summed E-state index contributed by atoms with van der Waals surface area (Å²) in [5.41, 5.74) is 6.63. The van der Waals surface area contributed by atoms with Crippen molar-refractivity contribution in [3.8, 4) is 6.07 Å². The van der Waals surface area contributed by atoms with Gasteiger partial charge in [0.05, 0.1) is 10.6 Å². The Morgan fingerprint density at radius 2 is 2.32 bits per heavy atom. The predicted molar refractivity (Wildman–Crippen MR) is 80.2 cm³/mol. The Labute approximate surface area is 126 Å². The summed E-state index contributed by atoms with van der Waals surface area (Å²) in [7, 11) is 1.85. The van der Waals surface area contributed by atoms with E-state index in [4.69, 9.17) is 11.0 Å². The first-order chi connectivity index (χ1) is 10.5. The van der Waals surface area contributed by atoms with Crippen LogP contribution in [0.3, 0.4) is 0 Å². The molecule has 0 aliphatic heterocycles. The summed E-state index contributed by atoms with van der Waals surface area (Å²) >= 11 is 0. The number of rotatable bonds is 6. The van der Waals surface area contributed by atoms with Gasteiger partial charge in [-0.25, -0.2) is 4.98 Å². The number of pyridine rings is 1. The SMILES string of the molecule is CN(CCCc1[nH]nc(N)c1C#N)c1ccc([N+](=O)[O-])cn1. The zero-order valence-corrected chi connectivity index (χ0v) is 12.0. The van der Waals surface area contributed by atoms with E-state index in [1.165, 1.54) is 12.3 Å². The van der Waals surface area contributed by atoms with Gasteiger partial charge in [0.2, 0.25) is 0 Å². The molecule has 0 aliphatic carbocycles. The van der Waals surface area contributed by atoms with Crippen molar-refractivity contribution < 1.29 is 4.92 Å². The molecule has 9 heteroatoms. The van der Waals surface area contributed by atoms with Crippen LogP contribution in [-0.4, -0.2) is 33.7 Å². The first-order valence-electron chi connectivity index (χ1n) is 6.57. The van der Waals surface area contributed by atoms with E-state index in [0.717, 1.165) is 6.42 Å². The van der Waals surface area contributed by atoms with E-state index in [1.54, 1.807) is 6.07 Å². The van der Waals surface area contributed by atoms with Crippen molar-refractivity contribution in [3.05, 3.63) is 39.7 Å². The Kier molecular flexibility index (Phi) is 4.53. The molecule has 0 saturated carbocycles. The molecule has 0 bridgehead atoms. The Morgan fingerprint density at radius 1 is 1.55 bits per heavy atom. The van der Waals surface area contributed by atoms with Gasteiger partial charge in [0, 0.05) is 19.7 Å². The lowest BCUT2D eigenvalue weighted by Crippen LogP contribution is -2.20. The van der Waals surface area contributed by atoms with Gasteiger partial charge in [0.15, 0.2) is 5.82 Å². The highest BCUT2D eigenvalue weighted by Gasteiger charge is 2.11. The van der Waals surface area contributed by atoms with Crippen LogP contribution in [-0.2, 0) is 6.42 Å². The molecule has 0 amide bonds. The first-order valence-corrected chi connectivity index (χ1v) is 6.57. The maximum Gasteiger partial charge on any atom is 0.287 e. The number of aromatic amines is 1. The fourth-order valence-electron chi connectivity index (χ4n) is 2.02. The number of aromatic nitrogens is 3. The van der Waals surface area contributed by atoms with E-state index in [-0.39, 0.29) is 11.5 Å². The Bertz CT molecular complexity index is 702. The molecule has 3 N–H and O–H groups in total. The number of nitrogens with two attached hydrogens (primary N) is 1. The molecule has 2 aromatic rings. The van der Waals surface area contributed by atoms with Gasteiger partial charge in [-0.1, -0.05) is 0 Å². The molecule has 2 rings (SSSR count). The van der Waals surface area contributed by atoms with Crippen LogP contribution in [0.1, 0.15) is 17.7 Å². The molecule has 0 radical (unpaired) electrons. The topological polar surface area (TPSA) is 138 Å². The Morgan fingerprint density at radius 3 is 2.91 bits per heavy atom. The van der Waals surface area contributed by atoms with E-state index in [0.29, 0.717) is 30.0 Å². The smallest absolute Gasteiger partial charge is 0.287 e. The summed E-state index contributed by atoms with van der Waals surface area (Å²) in [6, 6.07) is 5.04. The highest BCUT2D eigenvalue weighted by molar-refractivity contribution is 5.50. The molecule has 0 aromatic carbocycles. The lowest BCUT2D eigenvalue weighted by Gasteiger charge is -2.17. The molecule has 114 valence electrons. The van der Waals surface area contributed by atoms with E-state index in [9.17, 15) is 10.1 Å². The summed E-state index contributed by atoms with van der Waals surface area (Å²) in [6.07, 6.45) is 2.62. The van der Waals surface area contributed by atoms with Gasteiger partial charge < -0.3 is 10.6 Å². The van der Waals surface area contributed by atoms with E-state index >= 15 is 0 Å². The van der Waals surface area contributed by atoms with Crippen molar-refractivity contribution in [2.45, 2.75) is 12.8 Å². The Hall–Kier alpha value is -3.15. The minimum absolute atomic E-state index is 0.0382. The number of nitriles is 1. The van der Waals surface area contributed by atoms with Gasteiger partial charge in [0.1, 0.15) is 23.6 Å². The molecular formula is C13H15N7O2. The number of nitrogen functional groups attached to an aromatic ring is 1. The molecule has 0 spiro atoms. The number of nitrogens with zero attached hydrogens (tertiary/aromatic N) is 5. The number of aryl methyl sites for hydroxylation is 1. The molecule has 0 saturated heterocycles. The van der Waals surface area contributed by atoms with E-state index < -0.39 is 4.92 Å². The first kappa shape index (κ1) is 15.2. The Balaban J connectivity index is 1.91. The largest absolute Gasteiger partial charge is 0.381 e. The van der Waals surface area contributed by atoms with Crippen LogP contribution < -0.4 is 10.6 Å². The molecule has 0 aliphatic rings. The quantitative estimate of drug-likeness (QED) is 0.604. The summed E-state index contributed by atoms with van der Waals surface area (Å²) in [6.45, 7) is 0.675. The number of hydrogen-bond donors (Lipinski definition) is 2. The number of nitrogens with one attached hydrogen (secondary N) is 1. The molecule has 2 aromatic heterocycles. The maximum absolute atomic E-state index is 10.6. The monoisotopic (exact) mass is 301 g/mol. The number of hydrogen-bond acceptors (Lipinski definition) is 7. The van der Waals surface area contributed by atoms with E-state index in [1.807, 2.05) is 18.0 Å². The van der Waals surface area contributed by atoms with Gasteiger partial charge in [-0.3, -0.25) is 15.2 Å². The summed E-state index contributed by atoms with van der Waals surface area (Å²) in [5.74, 6) is 0.859. The third-order valence-corrected chi connectivity index (χ3v) is 3.24. The minimum atomic E-state index is -0.483. The molecule has 2 heterocycles. The van der Waals surface area contributed by atoms with Crippen LogP contribution in [0.2, 0.25) is 0 Å². The second-order valence-corrected chi connectivity index (χ2v) is 4.73. The standard InChI is InChI=1S/C13H15N7O2/c1-19(12-5-4-9(8-16-12)20(21)22)6-2-3-11-10(7-14)13(15)18-17-11/h4-5,8H,2-3,6H2,1H3,(H3,15,17,18). The molecular weight excluding hydrogens is 286 g/mol. The molecule has 0 atom stereocenters. The second-order valence-electron chi connectivity index (χ2n) is 4.73. The van der Waals surface area contributed by atoms with Crippen molar-refractivity contribution in [1.82, 2.24) is 15.2 Å². The second kappa shape index (κ2) is 6.53. The number of nitro groups is 1. The number of anilines is 2. The fourth-order valence-corrected chi connectivity index (χ4v) is 2.02. The summed E-state index contributed by atoms with van der Waals surface area (Å²) < 4.78 is 0. The lowest BCUT2D eigenvalue weighted by molar-refractivity contribution is -0.385. The van der Waals surface area contributed by atoms with Crippen LogP contribution in [0.15, 0.2) is 18.3 Å². The zero-order chi connectivity index (χ0) is 16.1. The molecule has 22 heavy (non-hydrogen) atoms.